The van der Waals surface area contributed by atoms with Crippen molar-refractivity contribution in [2.45, 2.75) is 18.9 Å². The molecule has 1 saturated heterocycles. The molecule has 1 amide bonds. The molecule has 0 aliphatic carbocycles. The highest BCUT2D eigenvalue weighted by Crippen LogP contribution is 2.14. The van der Waals surface area contributed by atoms with Gasteiger partial charge in [0.2, 0.25) is 0 Å². The first kappa shape index (κ1) is 12.8. The summed E-state index contributed by atoms with van der Waals surface area (Å²) in [4.78, 5) is 11.6. The Hall–Kier alpha value is -1.62. The van der Waals surface area contributed by atoms with Crippen LogP contribution in [-0.4, -0.2) is 31.6 Å². The van der Waals surface area contributed by atoms with Crippen LogP contribution in [0.1, 0.15) is 12.8 Å². The monoisotopic (exact) mass is 252 g/mol. The fourth-order valence-electron chi connectivity index (χ4n) is 1.94. The van der Waals surface area contributed by atoms with E-state index in [0.717, 1.165) is 25.9 Å². The summed E-state index contributed by atoms with van der Waals surface area (Å²) in [5, 5.41) is 6.10. The zero-order chi connectivity index (χ0) is 12.8. The first-order chi connectivity index (χ1) is 8.75. The van der Waals surface area contributed by atoms with Gasteiger partial charge < -0.3 is 15.4 Å². The number of carbonyl (C=O) groups excluding carboxylic acids is 1. The number of hydrogen-bond acceptors (Lipinski definition) is 3. The van der Waals surface area contributed by atoms with Gasteiger partial charge in [0.1, 0.15) is 0 Å². The highest BCUT2D eigenvalue weighted by atomic mass is 19.1. The topological polar surface area (TPSA) is 50.4 Å². The minimum Gasteiger partial charge on any atom is -0.481 e. The minimum absolute atomic E-state index is 0.109. The van der Waals surface area contributed by atoms with Gasteiger partial charge in [-0.15, -0.1) is 0 Å². The highest BCUT2D eigenvalue weighted by Gasteiger charge is 2.15. The smallest absolute Gasteiger partial charge is 0.258 e. The molecule has 1 aliphatic heterocycles. The van der Waals surface area contributed by atoms with Crippen LogP contribution in [0.2, 0.25) is 0 Å². The number of ether oxygens (including phenoxy) is 1. The number of piperidine rings is 1. The van der Waals surface area contributed by atoms with Crippen LogP contribution in [0.4, 0.5) is 4.39 Å². The molecule has 0 saturated carbocycles. The van der Waals surface area contributed by atoms with E-state index in [0.29, 0.717) is 0 Å². The van der Waals surface area contributed by atoms with Crippen LogP contribution in [0.25, 0.3) is 0 Å². The van der Waals surface area contributed by atoms with Crippen molar-refractivity contribution in [2.24, 2.45) is 0 Å². The van der Waals surface area contributed by atoms with Crippen LogP contribution in [-0.2, 0) is 4.79 Å². The summed E-state index contributed by atoms with van der Waals surface area (Å²) in [7, 11) is 0. The Labute approximate surface area is 106 Å². The molecule has 5 heteroatoms. The first-order valence-corrected chi connectivity index (χ1v) is 6.13. The number of amides is 1. The summed E-state index contributed by atoms with van der Waals surface area (Å²) in [6.45, 7) is 1.68. The van der Waals surface area contributed by atoms with Crippen LogP contribution < -0.4 is 15.4 Å². The number of rotatable bonds is 4. The normalized spacial score (nSPS) is 16.3. The molecule has 1 aromatic rings. The molecule has 0 spiro atoms. The molecule has 0 aromatic heterocycles. The zero-order valence-corrected chi connectivity index (χ0v) is 10.1. The second-order valence-corrected chi connectivity index (χ2v) is 4.31. The fraction of sp³-hybridized carbons (Fsp3) is 0.462. The molecule has 0 unspecified atom stereocenters. The van der Waals surface area contributed by atoms with Crippen LogP contribution in [0, 0.1) is 5.82 Å². The lowest BCUT2D eigenvalue weighted by molar-refractivity contribution is -0.124. The molecule has 1 heterocycles. The quantitative estimate of drug-likeness (QED) is 0.843. The number of carbonyl (C=O) groups is 1. The molecule has 98 valence electrons. The van der Waals surface area contributed by atoms with Crippen LogP contribution >= 0.6 is 0 Å². The number of benzene rings is 1. The lowest BCUT2D eigenvalue weighted by Gasteiger charge is -2.23. The van der Waals surface area contributed by atoms with Crippen molar-refractivity contribution >= 4 is 5.91 Å². The number of nitrogens with one attached hydrogen (secondary N) is 2. The standard InChI is InChI=1S/C13H17FN2O2/c14-11-3-1-2-4-12(11)18-9-13(17)16-10-5-7-15-8-6-10/h1-4,10,15H,5-9H2,(H,16,17). The predicted octanol–water partition coefficient (Wildman–Crippen LogP) is 1.07. The second kappa shape index (κ2) is 6.35. The van der Waals surface area contributed by atoms with Crippen molar-refractivity contribution < 1.29 is 13.9 Å². The Kier molecular flexibility index (Phi) is 4.52. The Morgan fingerprint density at radius 1 is 1.39 bits per heavy atom. The third-order valence-electron chi connectivity index (χ3n) is 2.90. The molecule has 2 N–H and O–H groups in total. The molecule has 18 heavy (non-hydrogen) atoms. The minimum atomic E-state index is -0.452. The van der Waals surface area contributed by atoms with E-state index in [9.17, 15) is 9.18 Å². The van der Waals surface area contributed by atoms with E-state index in [4.69, 9.17) is 4.74 Å². The van der Waals surface area contributed by atoms with Gasteiger partial charge in [-0.1, -0.05) is 12.1 Å². The van der Waals surface area contributed by atoms with Gasteiger partial charge in [0.25, 0.3) is 5.91 Å². The van der Waals surface area contributed by atoms with Crippen molar-refractivity contribution in [1.82, 2.24) is 10.6 Å². The van der Waals surface area contributed by atoms with Crippen molar-refractivity contribution in [3.63, 3.8) is 0 Å². The Morgan fingerprint density at radius 3 is 2.83 bits per heavy atom. The molecular weight excluding hydrogens is 235 g/mol. The number of hydrogen-bond donors (Lipinski definition) is 2. The maximum absolute atomic E-state index is 13.2. The molecule has 1 fully saturated rings. The summed E-state index contributed by atoms with van der Waals surface area (Å²) in [6, 6.07) is 6.26. The SMILES string of the molecule is O=C(COc1ccccc1F)NC1CCNCC1. The first-order valence-electron chi connectivity index (χ1n) is 6.13. The van der Waals surface area contributed by atoms with Gasteiger partial charge in [-0.2, -0.15) is 0 Å². The van der Waals surface area contributed by atoms with Gasteiger partial charge in [-0.25, -0.2) is 4.39 Å². The molecule has 1 aliphatic rings. The van der Waals surface area contributed by atoms with E-state index in [2.05, 4.69) is 10.6 Å². The summed E-state index contributed by atoms with van der Waals surface area (Å²) in [5.41, 5.74) is 0. The van der Waals surface area contributed by atoms with E-state index >= 15 is 0 Å². The average molecular weight is 252 g/mol. The van der Waals surface area contributed by atoms with E-state index in [1.807, 2.05) is 0 Å². The van der Waals surface area contributed by atoms with E-state index in [1.165, 1.54) is 12.1 Å². The summed E-state index contributed by atoms with van der Waals surface area (Å²) >= 11 is 0. The van der Waals surface area contributed by atoms with Gasteiger partial charge >= 0.3 is 0 Å². The third-order valence-corrected chi connectivity index (χ3v) is 2.90. The van der Waals surface area contributed by atoms with Crippen molar-refractivity contribution in [3.8, 4) is 5.75 Å². The van der Waals surface area contributed by atoms with Gasteiger partial charge in [0.15, 0.2) is 18.2 Å². The molecule has 0 radical (unpaired) electrons. The van der Waals surface area contributed by atoms with Crippen LogP contribution in [0.5, 0.6) is 5.75 Å². The maximum atomic E-state index is 13.2. The number of halogens is 1. The van der Waals surface area contributed by atoms with Crippen LogP contribution in [0.15, 0.2) is 24.3 Å². The van der Waals surface area contributed by atoms with Gasteiger partial charge in [-0.3, -0.25) is 4.79 Å². The van der Waals surface area contributed by atoms with Gasteiger partial charge in [-0.05, 0) is 38.1 Å². The highest BCUT2D eigenvalue weighted by molar-refractivity contribution is 5.77. The van der Waals surface area contributed by atoms with E-state index < -0.39 is 5.82 Å². The third kappa shape index (κ3) is 3.70. The molecule has 2 rings (SSSR count). The van der Waals surface area contributed by atoms with Crippen molar-refractivity contribution in [3.05, 3.63) is 30.1 Å². The maximum Gasteiger partial charge on any atom is 0.258 e. The fourth-order valence-corrected chi connectivity index (χ4v) is 1.94. The summed E-state index contributed by atoms with van der Waals surface area (Å²) < 4.78 is 18.4. The van der Waals surface area contributed by atoms with E-state index in [1.54, 1.807) is 12.1 Å². The average Bonchev–Trinajstić information content (AvgIpc) is 2.39. The van der Waals surface area contributed by atoms with Crippen molar-refractivity contribution in [1.29, 1.82) is 0 Å². The molecule has 4 nitrogen and oxygen atoms in total. The predicted molar refractivity (Wildman–Crippen MR) is 65.9 cm³/mol. The van der Waals surface area contributed by atoms with Gasteiger partial charge in [0.05, 0.1) is 0 Å². The number of para-hydroxylation sites is 1. The zero-order valence-electron chi connectivity index (χ0n) is 10.1. The Morgan fingerprint density at radius 2 is 2.11 bits per heavy atom. The lowest BCUT2D eigenvalue weighted by atomic mass is 10.1. The van der Waals surface area contributed by atoms with E-state index in [-0.39, 0.29) is 24.3 Å². The second-order valence-electron chi connectivity index (χ2n) is 4.31. The Bertz CT molecular complexity index is 406. The Balaban J connectivity index is 1.76. The van der Waals surface area contributed by atoms with Crippen molar-refractivity contribution in [2.75, 3.05) is 19.7 Å². The largest absolute Gasteiger partial charge is 0.481 e. The molecule has 0 atom stereocenters. The molecular formula is C13H17FN2O2. The molecule has 1 aromatic carbocycles. The molecule has 0 bridgehead atoms. The van der Waals surface area contributed by atoms with Gasteiger partial charge in [0, 0.05) is 6.04 Å². The summed E-state index contributed by atoms with van der Waals surface area (Å²) in [6.07, 6.45) is 1.84. The summed E-state index contributed by atoms with van der Waals surface area (Å²) in [5.74, 6) is -0.546. The van der Waals surface area contributed by atoms with Crippen LogP contribution in [0.3, 0.4) is 0 Å². The lowest BCUT2D eigenvalue weighted by Crippen LogP contribution is -2.44.